The lowest BCUT2D eigenvalue weighted by molar-refractivity contribution is -0.128. The van der Waals surface area contributed by atoms with Crippen LogP contribution in [-0.2, 0) is 17.9 Å². The van der Waals surface area contributed by atoms with E-state index in [4.69, 9.17) is 0 Å². The second-order valence-electron chi connectivity index (χ2n) is 7.26. The fourth-order valence-corrected chi connectivity index (χ4v) is 4.03. The van der Waals surface area contributed by atoms with Gasteiger partial charge in [0.15, 0.2) is 0 Å². The van der Waals surface area contributed by atoms with Crippen LogP contribution in [-0.4, -0.2) is 23.4 Å². The van der Waals surface area contributed by atoms with Gasteiger partial charge in [0.25, 0.3) is 0 Å². The molecule has 1 aliphatic carbocycles. The number of nitrogens with one attached hydrogen (secondary N) is 1. The normalized spacial score (nSPS) is 20.9. The first-order valence-corrected chi connectivity index (χ1v) is 9.32. The molecule has 1 saturated heterocycles. The molecular weight excluding hydrogens is 284 g/mol. The summed E-state index contributed by atoms with van der Waals surface area (Å²) in [6.07, 6.45) is 8.68. The van der Waals surface area contributed by atoms with Crippen LogP contribution in [0.3, 0.4) is 0 Å². The highest BCUT2D eigenvalue weighted by molar-refractivity contribution is 5.78. The molecule has 1 heterocycles. The van der Waals surface area contributed by atoms with Crippen LogP contribution in [0, 0.1) is 5.92 Å². The van der Waals surface area contributed by atoms with Gasteiger partial charge in [-0.05, 0) is 43.2 Å². The molecule has 0 bridgehead atoms. The molecule has 2 fully saturated rings. The summed E-state index contributed by atoms with van der Waals surface area (Å²) in [5.74, 6) is 1.14. The van der Waals surface area contributed by atoms with E-state index in [-0.39, 0.29) is 0 Å². The van der Waals surface area contributed by atoms with Crippen LogP contribution >= 0.6 is 0 Å². The highest BCUT2D eigenvalue weighted by Crippen LogP contribution is 2.26. The summed E-state index contributed by atoms with van der Waals surface area (Å²) in [6.45, 7) is 4.94. The predicted molar refractivity (Wildman–Crippen MR) is 94.0 cm³/mol. The molecule has 1 atom stereocenters. The standard InChI is InChI=1S/C20H30N2O/c1-16(17-8-3-2-4-9-17)21-14-18-10-5-6-11-19(18)15-22-13-7-12-20(22)23/h5-6,10-11,16-17,21H,2-4,7-9,12-15H2,1H3. The lowest BCUT2D eigenvalue weighted by Crippen LogP contribution is -2.34. The van der Waals surface area contributed by atoms with E-state index in [9.17, 15) is 4.79 Å². The third-order valence-corrected chi connectivity index (χ3v) is 5.62. The van der Waals surface area contributed by atoms with Crippen LogP contribution in [0.5, 0.6) is 0 Å². The molecule has 23 heavy (non-hydrogen) atoms. The molecular formula is C20H30N2O. The third kappa shape index (κ3) is 4.35. The molecule has 1 unspecified atom stereocenters. The number of hydrogen-bond donors (Lipinski definition) is 1. The van der Waals surface area contributed by atoms with Crippen molar-refractivity contribution in [1.29, 1.82) is 0 Å². The summed E-state index contributed by atoms with van der Waals surface area (Å²) in [7, 11) is 0. The molecule has 1 amide bonds. The largest absolute Gasteiger partial charge is 0.338 e. The molecule has 2 aliphatic rings. The number of rotatable bonds is 6. The summed E-state index contributed by atoms with van der Waals surface area (Å²) in [4.78, 5) is 13.9. The van der Waals surface area contributed by atoms with Crippen LogP contribution in [0.4, 0.5) is 0 Å². The van der Waals surface area contributed by atoms with Gasteiger partial charge in [-0.3, -0.25) is 4.79 Å². The number of benzene rings is 1. The Morgan fingerprint density at radius 3 is 2.57 bits per heavy atom. The van der Waals surface area contributed by atoms with Crippen LogP contribution < -0.4 is 5.32 Å². The van der Waals surface area contributed by atoms with Gasteiger partial charge in [0.05, 0.1) is 0 Å². The lowest BCUT2D eigenvalue weighted by Gasteiger charge is -2.29. The van der Waals surface area contributed by atoms with Crippen molar-refractivity contribution in [2.24, 2.45) is 5.92 Å². The second-order valence-corrected chi connectivity index (χ2v) is 7.26. The van der Waals surface area contributed by atoms with E-state index in [0.29, 0.717) is 11.9 Å². The number of carbonyl (C=O) groups is 1. The fourth-order valence-electron chi connectivity index (χ4n) is 4.03. The van der Waals surface area contributed by atoms with Crippen LogP contribution in [0.1, 0.15) is 63.0 Å². The minimum Gasteiger partial charge on any atom is -0.338 e. The summed E-state index contributed by atoms with van der Waals surface area (Å²) in [6, 6.07) is 9.16. The van der Waals surface area contributed by atoms with Crippen LogP contribution in [0.2, 0.25) is 0 Å². The van der Waals surface area contributed by atoms with Gasteiger partial charge >= 0.3 is 0 Å². The smallest absolute Gasteiger partial charge is 0.222 e. The highest BCUT2D eigenvalue weighted by atomic mass is 16.2. The minimum absolute atomic E-state index is 0.309. The predicted octanol–water partition coefficient (Wildman–Crippen LogP) is 3.87. The molecule has 0 aromatic heterocycles. The number of hydrogen-bond acceptors (Lipinski definition) is 2. The summed E-state index contributed by atoms with van der Waals surface area (Å²) < 4.78 is 0. The number of carbonyl (C=O) groups excluding carboxylic acids is 1. The fraction of sp³-hybridized carbons (Fsp3) is 0.650. The van der Waals surface area contributed by atoms with Crippen molar-refractivity contribution in [1.82, 2.24) is 10.2 Å². The van der Waals surface area contributed by atoms with Crippen LogP contribution in [0.15, 0.2) is 24.3 Å². The van der Waals surface area contributed by atoms with E-state index in [1.807, 2.05) is 4.90 Å². The topological polar surface area (TPSA) is 32.3 Å². The molecule has 0 radical (unpaired) electrons. The summed E-state index contributed by atoms with van der Waals surface area (Å²) in [5.41, 5.74) is 2.64. The van der Waals surface area contributed by atoms with Crippen molar-refractivity contribution in [3.63, 3.8) is 0 Å². The molecule has 1 N–H and O–H groups in total. The molecule has 3 heteroatoms. The van der Waals surface area contributed by atoms with Gasteiger partial charge < -0.3 is 10.2 Å². The second kappa shape index (κ2) is 7.96. The Hall–Kier alpha value is -1.35. The zero-order chi connectivity index (χ0) is 16.1. The Morgan fingerprint density at radius 2 is 1.87 bits per heavy atom. The maximum atomic E-state index is 11.9. The van der Waals surface area contributed by atoms with E-state index in [0.717, 1.165) is 38.4 Å². The first kappa shape index (κ1) is 16.5. The molecule has 1 saturated carbocycles. The van der Waals surface area contributed by atoms with Gasteiger partial charge in [-0.15, -0.1) is 0 Å². The van der Waals surface area contributed by atoms with Crippen molar-refractivity contribution in [3.05, 3.63) is 35.4 Å². The van der Waals surface area contributed by atoms with Gasteiger partial charge in [-0.2, -0.15) is 0 Å². The Kier molecular flexibility index (Phi) is 5.71. The van der Waals surface area contributed by atoms with Crippen molar-refractivity contribution in [2.75, 3.05) is 6.54 Å². The Bertz CT molecular complexity index is 522. The zero-order valence-electron chi connectivity index (χ0n) is 14.4. The molecule has 3 nitrogen and oxygen atoms in total. The Balaban J connectivity index is 1.57. The van der Waals surface area contributed by atoms with Gasteiger partial charge in [-0.25, -0.2) is 0 Å². The van der Waals surface area contributed by atoms with Crippen molar-refractivity contribution < 1.29 is 4.79 Å². The van der Waals surface area contributed by atoms with Gasteiger partial charge in [0, 0.05) is 32.1 Å². The Morgan fingerprint density at radius 1 is 1.13 bits per heavy atom. The lowest BCUT2D eigenvalue weighted by atomic mass is 9.84. The minimum atomic E-state index is 0.309. The van der Waals surface area contributed by atoms with E-state index < -0.39 is 0 Å². The monoisotopic (exact) mass is 314 g/mol. The first-order chi connectivity index (χ1) is 11.2. The van der Waals surface area contributed by atoms with E-state index in [1.165, 1.54) is 43.2 Å². The van der Waals surface area contributed by atoms with Gasteiger partial charge in [0.2, 0.25) is 5.91 Å². The molecule has 126 valence electrons. The van der Waals surface area contributed by atoms with Crippen molar-refractivity contribution >= 4 is 5.91 Å². The molecule has 0 spiro atoms. The Labute approximate surface area is 140 Å². The number of amides is 1. The molecule has 3 rings (SSSR count). The van der Waals surface area contributed by atoms with Crippen LogP contribution in [0.25, 0.3) is 0 Å². The SMILES string of the molecule is CC(NCc1ccccc1CN1CCCC1=O)C1CCCCC1. The van der Waals surface area contributed by atoms with Gasteiger partial charge in [0.1, 0.15) is 0 Å². The highest BCUT2D eigenvalue weighted by Gasteiger charge is 2.22. The van der Waals surface area contributed by atoms with E-state index in [2.05, 4.69) is 36.5 Å². The maximum Gasteiger partial charge on any atom is 0.222 e. The summed E-state index contributed by atoms with van der Waals surface area (Å²) in [5, 5.41) is 3.74. The van der Waals surface area contributed by atoms with E-state index in [1.54, 1.807) is 0 Å². The van der Waals surface area contributed by atoms with Crippen molar-refractivity contribution in [2.45, 2.75) is 71.0 Å². The average molecular weight is 314 g/mol. The van der Waals surface area contributed by atoms with Crippen molar-refractivity contribution in [3.8, 4) is 0 Å². The number of nitrogens with zero attached hydrogens (tertiary/aromatic N) is 1. The third-order valence-electron chi connectivity index (χ3n) is 5.62. The summed E-state index contributed by atoms with van der Waals surface area (Å²) >= 11 is 0. The molecule has 1 aromatic rings. The molecule has 1 aromatic carbocycles. The zero-order valence-corrected chi connectivity index (χ0v) is 14.4. The first-order valence-electron chi connectivity index (χ1n) is 9.32. The average Bonchev–Trinajstić information content (AvgIpc) is 2.99. The number of likely N-dealkylation sites (tertiary alicyclic amines) is 1. The molecule has 1 aliphatic heterocycles. The van der Waals surface area contributed by atoms with Gasteiger partial charge in [-0.1, -0.05) is 43.5 Å². The quantitative estimate of drug-likeness (QED) is 0.864. The maximum absolute atomic E-state index is 11.9. The van der Waals surface area contributed by atoms with E-state index >= 15 is 0 Å².